The van der Waals surface area contributed by atoms with Crippen LogP contribution >= 0.6 is 11.6 Å². The molecule has 0 spiro atoms. The second-order valence-electron chi connectivity index (χ2n) is 8.26. The first kappa shape index (κ1) is 23.5. The molecule has 170 valence electrons. The van der Waals surface area contributed by atoms with Crippen LogP contribution in [0.2, 0.25) is 5.02 Å². The Hall–Kier alpha value is -3.13. The van der Waals surface area contributed by atoms with Crippen LogP contribution < -0.4 is 21.3 Å². The molecule has 0 aliphatic carbocycles. The summed E-state index contributed by atoms with van der Waals surface area (Å²) in [7, 11) is 0. The summed E-state index contributed by atoms with van der Waals surface area (Å²) in [6, 6.07) is 9.48. The molecule has 0 saturated carbocycles. The molecule has 2 unspecified atom stereocenters. The molecule has 32 heavy (non-hydrogen) atoms. The van der Waals surface area contributed by atoms with Crippen LogP contribution in [-0.4, -0.2) is 41.8 Å². The minimum atomic E-state index is -0.753. The Balaban J connectivity index is 1.64. The van der Waals surface area contributed by atoms with E-state index in [2.05, 4.69) is 15.6 Å². The van der Waals surface area contributed by atoms with Crippen molar-refractivity contribution in [2.45, 2.75) is 32.7 Å². The molecule has 3 rings (SSSR count). The number of amides is 3. The fraction of sp³-hybridized carbons (Fsp3) is 0.391. The molecule has 2 aromatic rings. The van der Waals surface area contributed by atoms with Crippen molar-refractivity contribution in [3.05, 3.63) is 53.2 Å². The number of nitrogens with one attached hydrogen (secondary N) is 2. The second kappa shape index (κ2) is 10.5. The second-order valence-corrected chi connectivity index (χ2v) is 8.66. The van der Waals surface area contributed by atoms with E-state index in [9.17, 15) is 14.4 Å². The number of benzene rings is 1. The molecule has 1 saturated heterocycles. The molecule has 3 amide bonds. The van der Waals surface area contributed by atoms with Gasteiger partial charge < -0.3 is 21.3 Å². The van der Waals surface area contributed by atoms with E-state index in [1.807, 2.05) is 18.7 Å². The lowest BCUT2D eigenvalue weighted by Gasteiger charge is -2.32. The lowest BCUT2D eigenvalue weighted by molar-refractivity contribution is -0.122. The number of hydrogen-bond donors (Lipinski definition) is 3. The van der Waals surface area contributed by atoms with Crippen molar-refractivity contribution in [3.63, 3.8) is 0 Å². The summed E-state index contributed by atoms with van der Waals surface area (Å²) in [6.07, 6.45) is 3.22. The Morgan fingerprint density at radius 3 is 2.56 bits per heavy atom. The number of pyridine rings is 1. The molecule has 1 fully saturated rings. The highest BCUT2D eigenvalue weighted by atomic mass is 35.5. The minimum Gasteiger partial charge on any atom is -0.369 e. The summed E-state index contributed by atoms with van der Waals surface area (Å²) < 4.78 is 0. The van der Waals surface area contributed by atoms with Crippen LogP contribution in [0, 0.1) is 11.8 Å². The van der Waals surface area contributed by atoms with Crippen molar-refractivity contribution >= 4 is 40.8 Å². The first-order chi connectivity index (χ1) is 15.3. The molecular weight excluding hydrogens is 430 g/mol. The van der Waals surface area contributed by atoms with Gasteiger partial charge in [0.15, 0.2) is 0 Å². The number of piperidine rings is 1. The van der Waals surface area contributed by atoms with E-state index in [0.717, 1.165) is 25.2 Å². The molecule has 1 aliphatic heterocycles. The van der Waals surface area contributed by atoms with Gasteiger partial charge in [0.1, 0.15) is 11.9 Å². The molecule has 2 atom stereocenters. The summed E-state index contributed by atoms with van der Waals surface area (Å²) in [5, 5.41) is 5.90. The maximum absolute atomic E-state index is 12.9. The summed E-state index contributed by atoms with van der Waals surface area (Å²) in [5.41, 5.74) is 6.28. The van der Waals surface area contributed by atoms with Gasteiger partial charge in [0.2, 0.25) is 11.8 Å². The van der Waals surface area contributed by atoms with Gasteiger partial charge in [-0.1, -0.05) is 37.6 Å². The highest BCUT2D eigenvalue weighted by Crippen LogP contribution is 2.23. The van der Waals surface area contributed by atoms with Crippen molar-refractivity contribution < 1.29 is 14.4 Å². The number of halogens is 1. The number of aromatic nitrogens is 1. The zero-order chi connectivity index (χ0) is 23.3. The number of nitrogens with two attached hydrogens (primary N) is 1. The Kier molecular flexibility index (Phi) is 7.69. The van der Waals surface area contributed by atoms with Gasteiger partial charge in [-0.05, 0) is 43.0 Å². The lowest BCUT2D eigenvalue weighted by Crippen LogP contribution is -2.47. The van der Waals surface area contributed by atoms with Crippen LogP contribution in [-0.2, 0) is 9.59 Å². The smallest absolute Gasteiger partial charge is 0.253 e. The topological polar surface area (TPSA) is 117 Å². The number of carbonyl (C=O) groups is 3. The van der Waals surface area contributed by atoms with Gasteiger partial charge in [0, 0.05) is 13.1 Å². The average molecular weight is 458 g/mol. The Morgan fingerprint density at radius 2 is 1.94 bits per heavy atom. The number of nitrogens with zero attached hydrogens (tertiary/aromatic N) is 2. The lowest BCUT2D eigenvalue weighted by atomic mass is 9.97. The summed E-state index contributed by atoms with van der Waals surface area (Å²) in [5.74, 6) is -0.654. The molecule has 1 aromatic heterocycles. The number of hydrogen-bond acceptors (Lipinski definition) is 5. The Bertz CT molecular complexity index is 980. The van der Waals surface area contributed by atoms with E-state index in [4.69, 9.17) is 17.3 Å². The fourth-order valence-corrected chi connectivity index (χ4v) is 3.91. The van der Waals surface area contributed by atoms with Crippen LogP contribution in [0.15, 0.2) is 42.6 Å². The van der Waals surface area contributed by atoms with Crippen LogP contribution in [0.25, 0.3) is 0 Å². The van der Waals surface area contributed by atoms with Gasteiger partial charge in [0.05, 0.1) is 28.4 Å². The van der Waals surface area contributed by atoms with Gasteiger partial charge in [-0.15, -0.1) is 0 Å². The first-order valence-electron chi connectivity index (χ1n) is 10.6. The van der Waals surface area contributed by atoms with Crippen LogP contribution in [0.1, 0.15) is 37.0 Å². The largest absolute Gasteiger partial charge is 0.369 e. The third-order valence-electron chi connectivity index (χ3n) is 5.52. The van der Waals surface area contributed by atoms with E-state index in [1.54, 1.807) is 42.6 Å². The summed E-state index contributed by atoms with van der Waals surface area (Å²) in [6.45, 7) is 5.04. The zero-order valence-electron chi connectivity index (χ0n) is 18.2. The predicted molar refractivity (Wildman–Crippen MR) is 125 cm³/mol. The highest BCUT2D eigenvalue weighted by Gasteiger charge is 2.27. The molecule has 0 radical (unpaired) electrons. The number of anilines is 2. The number of rotatable bonds is 7. The van der Waals surface area contributed by atoms with Crippen molar-refractivity contribution in [2.75, 3.05) is 23.3 Å². The first-order valence-corrected chi connectivity index (χ1v) is 11.0. The molecule has 8 nitrogen and oxygen atoms in total. The van der Waals surface area contributed by atoms with Crippen LogP contribution in [0.4, 0.5) is 11.5 Å². The third-order valence-corrected chi connectivity index (χ3v) is 5.85. The van der Waals surface area contributed by atoms with Gasteiger partial charge >= 0.3 is 0 Å². The third kappa shape index (κ3) is 5.76. The van der Waals surface area contributed by atoms with Gasteiger partial charge in [-0.3, -0.25) is 14.4 Å². The molecule has 2 heterocycles. The van der Waals surface area contributed by atoms with Crippen molar-refractivity contribution in [1.82, 2.24) is 10.3 Å². The molecule has 0 bridgehead atoms. The van der Waals surface area contributed by atoms with Crippen LogP contribution in [0.3, 0.4) is 0 Å². The zero-order valence-corrected chi connectivity index (χ0v) is 18.9. The standard InChI is InChI=1S/C23H28ClN5O3/c1-14(2)20(28-22(31)17-7-3-4-8-18(17)24)23(32)27-16-9-10-19(26-12-16)29-11-5-6-15(13-29)21(25)30/h3-4,7-10,12,14-15,20H,5-6,11,13H2,1-2H3,(H2,25,30)(H,27,32)(H,28,31). The van der Waals surface area contributed by atoms with Crippen molar-refractivity contribution in [1.29, 1.82) is 0 Å². The molecule has 1 aromatic carbocycles. The monoisotopic (exact) mass is 457 g/mol. The Morgan fingerprint density at radius 1 is 1.19 bits per heavy atom. The highest BCUT2D eigenvalue weighted by molar-refractivity contribution is 6.33. The van der Waals surface area contributed by atoms with Gasteiger partial charge in [-0.2, -0.15) is 0 Å². The normalized spacial score (nSPS) is 17.0. The number of carbonyl (C=O) groups excluding carboxylic acids is 3. The van der Waals surface area contributed by atoms with Crippen molar-refractivity contribution in [2.24, 2.45) is 17.6 Å². The molecule has 4 N–H and O–H groups in total. The molecule has 9 heteroatoms. The van der Waals surface area contributed by atoms with E-state index in [0.29, 0.717) is 22.8 Å². The quantitative estimate of drug-likeness (QED) is 0.591. The van der Waals surface area contributed by atoms with Gasteiger partial charge in [-0.25, -0.2) is 4.98 Å². The SMILES string of the molecule is CC(C)C(NC(=O)c1ccccc1Cl)C(=O)Nc1ccc(N2CCCC(C(N)=O)C2)nc1. The summed E-state index contributed by atoms with van der Waals surface area (Å²) in [4.78, 5) is 43.4. The van der Waals surface area contributed by atoms with Gasteiger partial charge in [0.25, 0.3) is 5.91 Å². The summed E-state index contributed by atoms with van der Waals surface area (Å²) >= 11 is 6.10. The van der Waals surface area contributed by atoms with E-state index in [1.165, 1.54) is 0 Å². The van der Waals surface area contributed by atoms with Crippen LogP contribution in [0.5, 0.6) is 0 Å². The number of primary amides is 1. The maximum Gasteiger partial charge on any atom is 0.253 e. The Labute approximate surface area is 192 Å². The van der Waals surface area contributed by atoms with E-state index < -0.39 is 11.9 Å². The maximum atomic E-state index is 12.9. The van der Waals surface area contributed by atoms with E-state index >= 15 is 0 Å². The van der Waals surface area contributed by atoms with Crippen molar-refractivity contribution in [3.8, 4) is 0 Å². The average Bonchev–Trinajstić information content (AvgIpc) is 2.78. The molecule has 1 aliphatic rings. The predicted octanol–water partition coefficient (Wildman–Crippen LogP) is 2.83. The fourth-order valence-electron chi connectivity index (χ4n) is 3.68. The van der Waals surface area contributed by atoms with E-state index in [-0.39, 0.29) is 23.7 Å². The molecular formula is C23H28ClN5O3. The minimum absolute atomic E-state index is 0.146.